The predicted molar refractivity (Wildman–Crippen MR) is 309 cm³/mol. The molecule has 3 N–H and O–H groups in total. The summed E-state index contributed by atoms with van der Waals surface area (Å²) in [5, 5.41) is 14.1. The molecule has 426 valence electrons. The summed E-state index contributed by atoms with van der Waals surface area (Å²) >= 11 is 0. The smallest absolute Gasteiger partial charge is 0.391 e. The number of nitrogens with one attached hydrogen (secondary N) is 1. The lowest BCUT2D eigenvalue weighted by Gasteiger charge is -2.26. The van der Waals surface area contributed by atoms with Gasteiger partial charge in [0.2, 0.25) is 5.91 Å². The van der Waals surface area contributed by atoms with E-state index in [9.17, 15) is 19.4 Å². The number of nitrogens with zero attached hydrogens (tertiary/aromatic N) is 1. The van der Waals surface area contributed by atoms with Crippen LogP contribution < -0.4 is 5.32 Å². The number of carbonyl (C=O) groups is 1. The van der Waals surface area contributed by atoms with Gasteiger partial charge in [0.25, 0.3) is 0 Å². The van der Waals surface area contributed by atoms with Gasteiger partial charge in [-0.25, -0.2) is 4.57 Å². The predicted octanol–water partition coefficient (Wildman–Crippen LogP) is 19.6. The van der Waals surface area contributed by atoms with Gasteiger partial charge in [-0.2, -0.15) is 0 Å². The topological polar surface area (TPSA) is 105 Å². The third-order valence-corrected chi connectivity index (χ3v) is 16.1. The maximum absolute atomic E-state index is 13.0. The first-order valence-electron chi connectivity index (χ1n) is 31.9. The minimum Gasteiger partial charge on any atom is -0.391 e. The van der Waals surface area contributed by atoms with E-state index in [2.05, 4.69) is 19.2 Å². The molecule has 0 aromatic carbocycles. The number of carbonyl (C=O) groups excluding carboxylic acids is 1. The minimum atomic E-state index is -4.32. The molecule has 0 spiro atoms. The summed E-state index contributed by atoms with van der Waals surface area (Å²) in [6, 6.07) is -0.756. The number of hydrogen-bond acceptors (Lipinski definition) is 5. The zero-order valence-corrected chi connectivity index (χ0v) is 49.7. The number of aliphatic hydroxyl groups is 1. The molecule has 0 bridgehead atoms. The molecule has 0 aliphatic rings. The van der Waals surface area contributed by atoms with E-state index in [1.807, 2.05) is 21.1 Å². The third-order valence-electron chi connectivity index (χ3n) is 15.1. The molecule has 0 aliphatic heterocycles. The van der Waals surface area contributed by atoms with Crippen LogP contribution in [0.25, 0.3) is 0 Å². The van der Waals surface area contributed by atoms with Gasteiger partial charge in [0.05, 0.1) is 39.9 Å². The Bertz CT molecular complexity index is 1120. The molecule has 9 heteroatoms. The van der Waals surface area contributed by atoms with Gasteiger partial charge in [0.15, 0.2) is 0 Å². The lowest BCUT2D eigenvalue weighted by Crippen LogP contribution is -2.46. The molecule has 1 amide bonds. The number of phosphoric ester groups is 1. The van der Waals surface area contributed by atoms with Gasteiger partial charge in [-0.15, -0.1) is 0 Å². The molecule has 0 rings (SSSR count). The number of likely N-dealkylation sites (N-methyl/N-ethyl adjacent to an activating group) is 1. The van der Waals surface area contributed by atoms with Gasteiger partial charge in [-0.05, 0) is 12.8 Å². The lowest BCUT2D eigenvalue weighted by atomic mass is 10.0. The Balaban J connectivity index is 4.06. The van der Waals surface area contributed by atoms with E-state index in [0.717, 1.165) is 38.5 Å². The van der Waals surface area contributed by atoms with Gasteiger partial charge < -0.3 is 19.8 Å². The molecule has 3 atom stereocenters. The van der Waals surface area contributed by atoms with Crippen LogP contribution in [-0.4, -0.2) is 73.4 Å². The highest BCUT2D eigenvalue weighted by molar-refractivity contribution is 7.47. The van der Waals surface area contributed by atoms with Crippen LogP contribution in [0.2, 0.25) is 0 Å². The zero-order chi connectivity index (χ0) is 52.0. The van der Waals surface area contributed by atoms with Crippen LogP contribution >= 0.6 is 7.82 Å². The second-order valence-electron chi connectivity index (χ2n) is 23.5. The molecule has 0 saturated carbocycles. The van der Waals surface area contributed by atoms with Crippen molar-refractivity contribution in [3.05, 3.63) is 0 Å². The summed E-state index contributed by atoms with van der Waals surface area (Å²) < 4.78 is 23.9. The number of amides is 1. The Morgan fingerprint density at radius 3 is 0.944 bits per heavy atom. The molecule has 0 aliphatic carbocycles. The summed E-state index contributed by atoms with van der Waals surface area (Å²) in [5.74, 6) is -0.134. The van der Waals surface area contributed by atoms with Gasteiger partial charge in [-0.3, -0.25) is 13.8 Å². The van der Waals surface area contributed by atoms with Gasteiger partial charge >= 0.3 is 7.82 Å². The van der Waals surface area contributed by atoms with Crippen molar-refractivity contribution >= 4 is 13.7 Å². The molecule has 71 heavy (non-hydrogen) atoms. The SMILES string of the molecule is CCCCCCCCCCCCCCCCCCCCCCCCCCCC(O)C(COP(=O)(O)OCC[N+](C)(C)C)NC(=O)CCCCCCCCCCCCCCCCCCCCCCCCCC. The average molecular weight is 1030 g/mol. The highest BCUT2D eigenvalue weighted by Crippen LogP contribution is 2.43. The summed E-state index contributed by atoms with van der Waals surface area (Å²) in [4.78, 5) is 23.4. The molecule has 0 aromatic rings. The fourth-order valence-electron chi connectivity index (χ4n) is 10.1. The van der Waals surface area contributed by atoms with Crippen molar-refractivity contribution in [3.63, 3.8) is 0 Å². The van der Waals surface area contributed by atoms with Crippen LogP contribution in [0, 0.1) is 0 Å². The molecule has 8 nitrogen and oxygen atoms in total. The quantitative estimate of drug-likeness (QED) is 0.0318. The number of hydrogen-bond donors (Lipinski definition) is 3. The Morgan fingerprint density at radius 1 is 0.423 bits per heavy atom. The highest BCUT2D eigenvalue weighted by Gasteiger charge is 2.28. The second kappa shape index (κ2) is 54.3. The number of aliphatic hydroxyl groups excluding tert-OH is 1. The summed E-state index contributed by atoms with van der Waals surface area (Å²) in [7, 11) is 1.64. The molecule has 0 saturated heterocycles. The van der Waals surface area contributed by atoms with E-state index in [1.165, 1.54) is 276 Å². The number of quaternary nitrogens is 1. The van der Waals surface area contributed by atoms with E-state index >= 15 is 0 Å². The lowest BCUT2D eigenvalue weighted by molar-refractivity contribution is -0.870. The minimum absolute atomic E-state index is 0.0794. The molecule has 0 heterocycles. The van der Waals surface area contributed by atoms with Crippen molar-refractivity contribution in [3.8, 4) is 0 Å². The van der Waals surface area contributed by atoms with Gasteiger partial charge in [-0.1, -0.05) is 322 Å². The number of rotatable bonds is 60. The molecule has 3 unspecified atom stereocenters. The Labute approximate surface area is 444 Å². The van der Waals surface area contributed by atoms with Gasteiger partial charge in [0.1, 0.15) is 13.2 Å². The number of unbranched alkanes of at least 4 members (excludes halogenated alkanes) is 47. The van der Waals surface area contributed by atoms with Gasteiger partial charge in [0, 0.05) is 6.42 Å². The van der Waals surface area contributed by atoms with E-state index in [4.69, 9.17) is 9.05 Å². The zero-order valence-electron chi connectivity index (χ0n) is 48.8. The summed E-state index contributed by atoms with van der Waals surface area (Å²) in [5.41, 5.74) is 0. The first kappa shape index (κ1) is 70.5. The van der Waals surface area contributed by atoms with Crippen LogP contribution in [0.3, 0.4) is 0 Å². The van der Waals surface area contributed by atoms with Crippen LogP contribution in [0.5, 0.6) is 0 Å². The molecular weight excluding hydrogens is 900 g/mol. The maximum atomic E-state index is 13.0. The van der Waals surface area contributed by atoms with E-state index in [0.29, 0.717) is 23.9 Å². The van der Waals surface area contributed by atoms with Crippen LogP contribution in [0.15, 0.2) is 0 Å². The Kier molecular flexibility index (Phi) is 53.9. The van der Waals surface area contributed by atoms with E-state index < -0.39 is 20.0 Å². The highest BCUT2D eigenvalue weighted by atomic mass is 31.2. The molecule has 0 radical (unpaired) electrons. The van der Waals surface area contributed by atoms with E-state index in [1.54, 1.807) is 0 Å². The van der Waals surface area contributed by atoms with Crippen LogP contribution in [0.1, 0.15) is 341 Å². The van der Waals surface area contributed by atoms with Crippen molar-refractivity contribution in [1.29, 1.82) is 0 Å². The molecule has 0 aromatic heterocycles. The summed E-state index contributed by atoms with van der Waals surface area (Å²) in [6.07, 6.45) is 66.1. The number of phosphoric acid groups is 1. The van der Waals surface area contributed by atoms with E-state index in [-0.39, 0.29) is 19.1 Å². The molecular formula is C62H128N2O6P+. The van der Waals surface area contributed by atoms with Crippen molar-refractivity contribution in [2.24, 2.45) is 0 Å². The van der Waals surface area contributed by atoms with Crippen molar-refractivity contribution in [1.82, 2.24) is 5.32 Å². The first-order chi connectivity index (χ1) is 34.5. The fraction of sp³-hybridized carbons (Fsp3) is 0.984. The first-order valence-corrected chi connectivity index (χ1v) is 33.4. The second-order valence-corrected chi connectivity index (χ2v) is 25.0. The fourth-order valence-corrected chi connectivity index (χ4v) is 10.8. The third kappa shape index (κ3) is 57.1. The standard InChI is InChI=1S/C62H127N2O6P/c1-6-8-10-12-14-16-18-20-22-24-26-28-30-32-33-35-37-39-41-43-45-47-49-51-53-55-61(65)60(59-70-71(67,68)69-58-57-64(3,4)5)63-62(66)56-54-52-50-48-46-44-42-40-38-36-34-31-29-27-25-23-21-19-17-15-13-11-9-7-2/h60-61,65H,6-59H2,1-5H3,(H-,63,66,67,68)/p+1. The largest absolute Gasteiger partial charge is 0.472 e. The van der Waals surface area contributed by atoms with Crippen LogP contribution in [-0.2, 0) is 18.4 Å². The van der Waals surface area contributed by atoms with Crippen molar-refractivity contribution in [2.75, 3.05) is 40.9 Å². The van der Waals surface area contributed by atoms with Crippen molar-refractivity contribution in [2.45, 2.75) is 353 Å². The Hall–Kier alpha value is -0.500. The maximum Gasteiger partial charge on any atom is 0.472 e. The van der Waals surface area contributed by atoms with Crippen LogP contribution in [0.4, 0.5) is 0 Å². The Morgan fingerprint density at radius 2 is 0.676 bits per heavy atom. The summed E-state index contributed by atoms with van der Waals surface area (Å²) in [6.45, 7) is 4.96. The van der Waals surface area contributed by atoms with Crippen molar-refractivity contribution < 1.29 is 32.9 Å². The normalized spacial score (nSPS) is 13.7. The average Bonchev–Trinajstić information content (AvgIpc) is 3.33. The molecule has 0 fully saturated rings. The monoisotopic (exact) mass is 1030 g/mol.